The molecule has 0 spiro atoms. The molecular weight excluding hydrogens is 326 g/mol. The summed E-state index contributed by atoms with van der Waals surface area (Å²) in [7, 11) is 0. The minimum atomic E-state index is -0.786. The largest absolute Gasteiger partial charge is 0.493 e. The van der Waals surface area contributed by atoms with E-state index in [9.17, 15) is 4.79 Å². The Morgan fingerprint density at radius 1 is 1.19 bits per heavy atom. The van der Waals surface area contributed by atoms with Gasteiger partial charge in [-0.2, -0.15) is 0 Å². The number of anilines is 1. The number of hydrogen-bond acceptors (Lipinski definition) is 3. The van der Waals surface area contributed by atoms with Crippen LogP contribution in [0.1, 0.15) is 72.3 Å². The third-order valence-electron chi connectivity index (χ3n) is 4.37. The average molecular weight is 364 g/mol. The zero-order chi connectivity index (χ0) is 19.6. The number of hydrogen-bond donors (Lipinski definition) is 1. The van der Waals surface area contributed by atoms with Crippen molar-refractivity contribution in [2.24, 2.45) is 5.92 Å². The lowest BCUT2D eigenvalue weighted by molar-refractivity contribution is -0.140. The number of benzene rings is 1. The Hall–Kier alpha value is -1.55. The Balaban J connectivity index is 2.79. The van der Waals surface area contributed by atoms with Crippen molar-refractivity contribution in [3.63, 3.8) is 0 Å². The second kappa shape index (κ2) is 11.2. The molecule has 0 saturated carbocycles. The molecule has 4 heteroatoms. The van der Waals surface area contributed by atoms with Crippen molar-refractivity contribution in [2.45, 2.75) is 79.2 Å². The summed E-state index contributed by atoms with van der Waals surface area (Å²) in [5.41, 5.74) is 1.02. The molecule has 0 bridgehead atoms. The summed E-state index contributed by atoms with van der Waals surface area (Å²) in [4.78, 5) is 12.9. The Morgan fingerprint density at radius 3 is 2.50 bits per heavy atom. The monoisotopic (exact) mass is 363 g/mol. The first-order chi connectivity index (χ1) is 12.3. The van der Waals surface area contributed by atoms with E-state index in [1.54, 1.807) is 0 Å². The molecule has 0 aliphatic heterocycles. The number of aryl methyl sites for hydroxylation is 1. The van der Waals surface area contributed by atoms with E-state index in [1.807, 2.05) is 32.0 Å². The summed E-state index contributed by atoms with van der Waals surface area (Å²) in [5, 5.41) is 3.03. The number of nitrogens with one attached hydrogen (secondary N) is 1. The standard InChI is InChI=1S/C22H37NO3/c1-7-9-10-13-22(6,26-14-8-2)21(24)23-19-11-12-20(18(5)15-19)25-16-17(3)4/h11-12,15,17H,7-10,13-14,16H2,1-6H3,(H,23,24)/t22-/m1/s1. The van der Waals surface area contributed by atoms with Gasteiger partial charge in [-0.25, -0.2) is 0 Å². The molecule has 0 heterocycles. The Bertz CT molecular complexity index is 556. The highest BCUT2D eigenvalue weighted by atomic mass is 16.5. The van der Waals surface area contributed by atoms with E-state index in [2.05, 4.69) is 33.0 Å². The molecule has 1 N–H and O–H groups in total. The van der Waals surface area contributed by atoms with E-state index >= 15 is 0 Å². The molecule has 148 valence electrons. The fourth-order valence-electron chi connectivity index (χ4n) is 2.70. The van der Waals surface area contributed by atoms with Crippen LogP contribution in [-0.4, -0.2) is 24.7 Å². The lowest BCUT2D eigenvalue weighted by Gasteiger charge is -2.29. The summed E-state index contributed by atoms with van der Waals surface area (Å²) in [6.45, 7) is 13.7. The molecule has 26 heavy (non-hydrogen) atoms. The van der Waals surface area contributed by atoms with Crippen LogP contribution in [0.3, 0.4) is 0 Å². The SMILES string of the molecule is CCCCC[C@@](C)(OCCC)C(=O)Nc1ccc(OCC(C)C)c(C)c1. The van der Waals surface area contributed by atoms with Gasteiger partial charge in [0.2, 0.25) is 0 Å². The van der Waals surface area contributed by atoms with Gasteiger partial charge < -0.3 is 14.8 Å². The van der Waals surface area contributed by atoms with Crippen molar-refractivity contribution in [3.05, 3.63) is 23.8 Å². The Kier molecular flexibility index (Phi) is 9.71. The van der Waals surface area contributed by atoms with Crippen LogP contribution in [0.15, 0.2) is 18.2 Å². The lowest BCUT2D eigenvalue weighted by atomic mass is 9.96. The molecule has 0 radical (unpaired) electrons. The number of amides is 1. The summed E-state index contributed by atoms with van der Waals surface area (Å²) in [6.07, 6.45) is 4.87. The first-order valence-corrected chi connectivity index (χ1v) is 10.0. The zero-order valence-electron chi connectivity index (χ0n) is 17.5. The first kappa shape index (κ1) is 22.5. The third-order valence-corrected chi connectivity index (χ3v) is 4.37. The Morgan fingerprint density at radius 2 is 1.92 bits per heavy atom. The molecule has 1 rings (SSSR count). The van der Waals surface area contributed by atoms with E-state index in [1.165, 1.54) is 0 Å². The quantitative estimate of drug-likeness (QED) is 0.482. The smallest absolute Gasteiger partial charge is 0.256 e. The molecule has 0 fully saturated rings. The normalized spacial score (nSPS) is 13.5. The molecular formula is C22H37NO3. The van der Waals surface area contributed by atoms with E-state index in [0.29, 0.717) is 19.1 Å². The minimum absolute atomic E-state index is 0.0719. The predicted molar refractivity (Wildman–Crippen MR) is 109 cm³/mol. The highest BCUT2D eigenvalue weighted by molar-refractivity contribution is 5.97. The molecule has 0 saturated heterocycles. The van der Waals surface area contributed by atoms with Crippen LogP contribution in [-0.2, 0) is 9.53 Å². The number of ether oxygens (including phenoxy) is 2. The van der Waals surface area contributed by atoms with Gasteiger partial charge in [-0.1, -0.05) is 47.0 Å². The van der Waals surface area contributed by atoms with Gasteiger partial charge in [0.1, 0.15) is 11.4 Å². The second-order valence-corrected chi connectivity index (χ2v) is 7.68. The van der Waals surface area contributed by atoms with Gasteiger partial charge in [0.15, 0.2) is 0 Å². The van der Waals surface area contributed by atoms with Crippen LogP contribution in [0.25, 0.3) is 0 Å². The molecule has 0 aliphatic rings. The van der Waals surface area contributed by atoms with Crippen molar-refractivity contribution < 1.29 is 14.3 Å². The van der Waals surface area contributed by atoms with Crippen LogP contribution < -0.4 is 10.1 Å². The molecule has 1 amide bonds. The van der Waals surface area contributed by atoms with Crippen molar-refractivity contribution in [2.75, 3.05) is 18.5 Å². The van der Waals surface area contributed by atoms with Crippen LogP contribution in [0.4, 0.5) is 5.69 Å². The highest BCUT2D eigenvalue weighted by Crippen LogP contribution is 2.26. The van der Waals surface area contributed by atoms with Crippen LogP contribution in [0.5, 0.6) is 5.75 Å². The first-order valence-electron chi connectivity index (χ1n) is 10.0. The van der Waals surface area contributed by atoms with Gasteiger partial charge in [-0.15, -0.1) is 0 Å². The molecule has 1 aromatic carbocycles. The molecule has 0 unspecified atom stereocenters. The van der Waals surface area contributed by atoms with Crippen molar-refractivity contribution >= 4 is 11.6 Å². The average Bonchev–Trinajstić information content (AvgIpc) is 2.59. The summed E-state index contributed by atoms with van der Waals surface area (Å²) >= 11 is 0. The van der Waals surface area contributed by atoms with Gasteiger partial charge in [-0.3, -0.25) is 4.79 Å². The molecule has 0 aliphatic carbocycles. The van der Waals surface area contributed by atoms with E-state index in [4.69, 9.17) is 9.47 Å². The number of carbonyl (C=O) groups is 1. The number of unbranched alkanes of at least 4 members (excludes halogenated alkanes) is 2. The maximum atomic E-state index is 12.9. The predicted octanol–water partition coefficient (Wildman–Crippen LogP) is 5.73. The van der Waals surface area contributed by atoms with Crippen molar-refractivity contribution in [1.29, 1.82) is 0 Å². The molecule has 0 aromatic heterocycles. The summed E-state index contributed by atoms with van der Waals surface area (Å²) in [5.74, 6) is 1.27. The van der Waals surface area contributed by atoms with Crippen molar-refractivity contribution in [1.82, 2.24) is 0 Å². The fourth-order valence-corrected chi connectivity index (χ4v) is 2.70. The molecule has 4 nitrogen and oxygen atoms in total. The van der Waals surface area contributed by atoms with Gasteiger partial charge in [0, 0.05) is 12.3 Å². The third kappa shape index (κ3) is 7.36. The van der Waals surface area contributed by atoms with Gasteiger partial charge in [0.05, 0.1) is 6.61 Å². The number of carbonyl (C=O) groups excluding carboxylic acids is 1. The second-order valence-electron chi connectivity index (χ2n) is 7.68. The summed E-state index contributed by atoms with van der Waals surface area (Å²) in [6, 6.07) is 5.78. The van der Waals surface area contributed by atoms with E-state index in [-0.39, 0.29) is 5.91 Å². The maximum absolute atomic E-state index is 12.9. The Labute approximate surface area is 159 Å². The van der Waals surface area contributed by atoms with Gasteiger partial charge in [0.25, 0.3) is 5.91 Å². The molecule has 1 aromatic rings. The topological polar surface area (TPSA) is 47.6 Å². The fraction of sp³-hybridized carbons (Fsp3) is 0.682. The maximum Gasteiger partial charge on any atom is 0.256 e. The minimum Gasteiger partial charge on any atom is -0.493 e. The van der Waals surface area contributed by atoms with E-state index in [0.717, 1.165) is 49.1 Å². The summed E-state index contributed by atoms with van der Waals surface area (Å²) < 4.78 is 11.7. The van der Waals surface area contributed by atoms with Crippen LogP contribution >= 0.6 is 0 Å². The highest BCUT2D eigenvalue weighted by Gasteiger charge is 2.33. The van der Waals surface area contributed by atoms with Crippen molar-refractivity contribution in [3.8, 4) is 5.75 Å². The van der Waals surface area contributed by atoms with Crippen LogP contribution in [0.2, 0.25) is 0 Å². The van der Waals surface area contributed by atoms with Crippen LogP contribution in [0, 0.1) is 12.8 Å². The number of rotatable bonds is 12. The van der Waals surface area contributed by atoms with Gasteiger partial charge >= 0.3 is 0 Å². The van der Waals surface area contributed by atoms with Gasteiger partial charge in [-0.05, 0) is 56.4 Å². The molecule has 1 atom stereocenters. The van der Waals surface area contributed by atoms with E-state index < -0.39 is 5.60 Å². The lowest BCUT2D eigenvalue weighted by Crippen LogP contribution is -2.43. The zero-order valence-corrected chi connectivity index (χ0v) is 17.5.